The fourth-order valence-electron chi connectivity index (χ4n) is 3.62. The molecule has 7 nitrogen and oxygen atoms in total. The van der Waals surface area contributed by atoms with Crippen molar-refractivity contribution >= 4 is 5.91 Å². The highest BCUT2D eigenvalue weighted by molar-refractivity contribution is 5.81. The maximum atomic E-state index is 12.4. The van der Waals surface area contributed by atoms with Gasteiger partial charge in [-0.3, -0.25) is 19.7 Å². The Morgan fingerprint density at radius 1 is 1.40 bits per heavy atom. The van der Waals surface area contributed by atoms with Crippen LogP contribution in [-0.2, 0) is 22.6 Å². The first-order valence-electron chi connectivity index (χ1n) is 8.65. The lowest BCUT2D eigenvalue weighted by atomic mass is 10.1. The molecule has 1 N–H and O–H groups in total. The molecule has 25 heavy (non-hydrogen) atoms. The van der Waals surface area contributed by atoms with Gasteiger partial charge in [-0.25, -0.2) is 0 Å². The molecule has 2 aliphatic heterocycles. The Morgan fingerprint density at radius 2 is 2.32 bits per heavy atom. The quantitative estimate of drug-likeness (QED) is 0.885. The van der Waals surface area contributed by atoms with Crippen LogP contribution >= 0.6 is 0 Å². The molecular weight excluding hydrogens is 320 g/mol. The molecule has 2 fully saturated rings. The Morgan fingerprint density at radius 3 is 3.08 bits per heavy atom. The van der Waals surface area contributed by atoms with Gasteiger partial charge in [0.15, 0.2) is 0 Å². The lowest BCUT2D eigenvalue weighted by Gasteiger charge is -2.21. The minimum absolute atomic E-state index is 0.0694. The molecule has 1 amide bonds. The van der Waals surface area contributed by atoms with Gasteiger partial charge in [0.2, 0.25) is 5.91 Å². The predicted molar refractivity (Wildman–Crippen MR) is 89.4 cm³/mol. The maximum absolute atomic E-state index is 12.4. The highest BCUT2D eigenvalue weighted by atomic mass is 16.5. The second kappa shape index (κ2) is 6.93. The number of aryl methyl sites for hydroxylation is 1. The van der Waals surface area contributed by atoms with Gasteiger partial charge < -0.3 is 14.5 Å². The summed E-state index contributed by atoms with van der Waals surface area (Å²) in [5.41, 5.74) is 2.77. The van der Waals surface area contributed by atoms with Gasteiger partial charge in [0.1, 0.15) is 6.10 Å². The van der Waals surface area contributed by atoms with Crippen molar-refractivity contribution in [3.8, 4) is 0 Å². The lowest BCUT2D eigenvalue weighted by molar-refractivity contribution is -0.132. The predicted octanol–water partition coefficient (Wildman–Crippen LogP) is 1.43. The topological polar surface area (TPSA) is 80.5 Å². The molecular formula is C18H22N4O3. The number of ether oxygens (including phenoxy) is 1. The first-order chi connectivity index (χ1) is 12.2. The average Bonchev–Trinajstić information content (AvgIpc) is 3.33. The standard InChI is InChI=1S/C18H22N4O3/c1-12-7-20-14(8-19-12)9-21-18(23)17-6-15-16(25-17)2-4-22(15)10-13-3-5-24-11-13/h3,5,7-8,11,15-17H,2,4,6,9-10H2,1H3,(H,21,23)/t15-,16-,17-/m0/s1. The number of carbonyl (C=O) groups excluding carboxylic acids is 1. The summed E-state index contributed by atoms with van der Waals surface area (Å²) in [4.78, 5) is 23.2. The van der Waals surface area contributed by atoms with Crippen molar-refractivity contribution in [1.29, 1.82) is 0 Å². The fraction of sp³-hybridized carbons (Fsp3) is 0.500. The summed E-state index contributed by atoms with van der Waals surface area (Å²) in [6.45, 7) is 4.10. The highest BCUT2D eigenvalue weighted by Crippen LogP contribution is 2.34. The van der Waals surface area contributed by atoms with Gasteiger partial charge in [-0.2, -0.15) is 0 Å². The summed E-state index contributed by atoms with van der Waals surface area (Å²) >= 11 is 0. The Hall–Kier alpha value is -2.25. The third kappa shape index (κ3) is 3.57. The van der Waals surface area contributed by atoms with E-state index in [1.54, 1.807) is 24.9 Å². The second-order valence-electron chi connectivity index (χ2n) is 6.72. The second-order valence-corrected chi connectivity index (χ2v) is 6.72. The molecule has 2 aromatic heterocycles. The molecule has 2 saturated heterocycles. The number of likely N-dealkylation sites (tertiary alicyclic amines) is 1. The molecule has 0 aromatic carbocycles. The van der Waals surface area contributed by atoms with Crippen LogP contribution in [-0.4, -0.2) is 45.6 Å². The molecule has 4 rings (SSSR count). The van der Waals surface area contributed by atoms with Crippen molar-refractivity contribution in [2.75, 3.05) is 6.54 Å². The van der Waals surface area contributed by atoms with Gasteiger partial charge in [-0.05, 0) is 19.4 Å². The SMILES string of the molecule is Cc1cnc(CNC(=O)[C@@H]2C[C@H]3[C@H](CCN3Cc3ccoc3)O2)cn1. The zero-order valence-electron chi connectivity index (χ0n) is 14.2. The number of aromatic nitrogens is 2. The van der Waals surface area contributed by atoms with Crippen LogP contribution in [0.25, 0.3) is 0 Å². The minimum Gasteiger partial charge on any atom is -0.472 e. The van der Waals surface area contributed by atoms with Gasteiger partial charge in [-0.1, -0.05) is 0 Å². The summed E-state index contributed by atoms with van der Waals surface area (Å²) in [5, 5.41) is 2.91. The minimum atomic E-state index is -0.388. The molecule has 0 saturated carbocycles. The molecule has 0 radical (unpaired) electrons. The maximum Gasteiger partial charge on any atom is 0.249 e. The van der Waals surface area contributed by atoms with E-state index in [-0.39, 0.29) is 18.1 Å². The van der Waals surface area contributed by atoms with Gasteiger partial charge >= 0.3 is 0 Å². The first-order valence-corrected chi connectivity index (χ1v) is 8.65. The van der Waals surface area contributed by atoms with E-state index in [2.05, 4.69) is 20.2 Å². The number of amides is 1. The van der Waals surface area contributed by atoms with Crippen molar-refractivity contribution in [3.63, 3.8) is 0 Å². The molecule has 0 unspecified atom stereocenters. The van der Waals surface area contributed by atoms with E-state index < -0.39 is 0 Å². The normalized spacial score (nSPS) is 25.9. The van der Waals surface area contributed by atoms with Crippen LogP contribution < -0.4 is 5.32 Å². The van der Waals surface area contributed by atoms with Gasteiger partial charge in [0.05, 0.1) is 42.8 Å². The van der Waals surface area contributed by atoms with E-state index in [1.807, 2.05) is 13.0 Å². The third-order valence-electron chi connectivity index (χ3n) is 4.93. The number of rotatable bonds is 5. The van der Waals surface area contributed by atoms with Crippen LogP contribution in [0, 0.1) is 6.92 Å². The van der Waals surface area contributed by atoms with E-state index in [4.69, 9.17) is 9.15 Å². The third-order valence-corrected chi connectivity index (χ3v) is 4.93. The lowest BCUT2D eigenvalue weighted by Crippen LogP contribution is -2.36. The summed E-state index contributed by atoms with van der Waals surface area (Å²) in [6, 6.07) is 2.28. The summed E-state index contributed by atoms with van der Waals surface area (Å²) in [6.07, 6.45) is 8.30. The van der Waals surface area contributed by atoms with Crippen LogP contribution in [0.2, 0.25) is 0 Å². The monoisotopic (exact) mass is 342 g/mol. The molecule has 3 atom stereocenters. The molecule has 2 aromatic rings. The van der Waals surface area contributed by atoms with Gasteiger partial charge in [-0.15, -0.1) is 0 Å². The molecule has 4 heterocycles. The van der Waals surface area contributed by atoms with Crippen LogP contribution in [0.15, 0.2) is 35.4 Å². The Labute approximate surface area is 146 Å². The molecule has 0 bridgehead atoms. The summed E-state index contributed by atoms with van der Waals surface area (Å²) < 4.78 is 11.1. The molecule has 0 aliphatic carbocycles. The van der Waals surface area contributed by atoms with E-state index >= 15 is 0 Å². The van der Waals surface area contributed by atoms with E-state index in [0.29, 0.717) is 12.6 Å². The Balaban J connectivity index is 1.31. The molecule has 0 spiro atoms. The average molecular weight is 342 g/mol. The van der Waals surface area contributed by atoms with Crippen molar-refractivity contribution in [3.05, 3.63) is 47.9 Å². The van der Waals surface area contributed by atoms with Crippen molar-refractivity contribution in [1.82, 2.24) is 20.2 Å². The van der Waals surface area contributed by atoms with Crippen LogP contribution in [0.3, 0.4) is 0 Å². The van der Waals surface area contributed by atoms with Crippen LogP contribution in [0.4, 0.5) is 0 Å². The largest absolute Gasteiger partial charge is 0.472 e. The highest BCUT2D eigenvalue weighted by Gasteiger charge is 2.45. The zero-order chi connectivity index (χ0) is 17.2. The number of furan rings is 1. The Bertz CT molecular complexity index is 716. The number of fused-ring (bicyclic) bond motifs is 1. The zero-order valence-corrected chi connectivity index (χ0v) is 14.2. The van der Waals surface area contributed by atoms with E-state index in [1.165, 1.54) is 0 Å². The molecule has 132 valence electrons. The van der Waals surface area contributed by atoms with E-state index in [0.717, 1.165) is 42.9 Å². The van der Waals surface area contributed by atoms with Crippen molar-refractivity contribution < 1.29 is 13.9 Å². The number of nitrogens with one attached hydrogen (secondary N) is 1. The smallest absolute Gasteiger partial charge is 0.249 e. The van der Waals surface area contributed by atoms with Gasteiger partial charge in [0.25, 0.3) is 0 Å². The van der Waals surface area contributed by atoms with Crippen molar-refractivity contribution in [2.24, 2.45) is 0 Å². The van der Waals surface area contributed by atoms with Crippen LogP contribution in [0.5, 0.6) is 0 Å². The molecule has 7 heteroatoms. The van der Waals surface area contributed by atoms with Gasteiger partial charge in [0, 0.05) is 37.3 Å². The van der Waals surface area contributed by atoms with Crippen LogP contribution in [0.1, 0.15) is 29.8 Å². The number of carbonyl (C=O) groups is 1. The number of hydrogen-bond donors (Lipinski definition) is 1. The van der Waals surface area contributed by atoms with E-state index in [9.17, 15) is 4.79 Å². The van der Waals surface area contributed by atoms with Crippen molar-refractivity contribution in [2.45, 2.75) is 51.1 Å². The number of hydrogen-bond acceptors (Lipinski definition) is 6. The fourth-order valence-corrected chi connectivity index (χ4v) is 3.62. The molecule has 2 aliphatic rings. The number of nitrogens with zero attached hydrogens (tertiary/aromatic N) is 3. The Kier molecular flexibility index (Phi) is 4.50. The summed E-state index contributed by atoms with van der Waals surface area (Å²) in [5.74, 6) is -0.0694. The summed E-state index contributed by atoms with van der Waals surface area (Å²) in [7, 11) is 0. The first kappa shape index (κ1) is 16.2.